The fourth-order valence-electron chi connectivity index (χ4n) is 2.45. The maximum absolute atomic E-state index is 6.22. The molecule has 0 aliphatic carbocycles. The highest BCUT2D eigenvalue weighted by atomic mass is 32.1. The Morgan fingerprint density at radius 2 is 2.10 bits per heavy atom. The molecule has 0 aliphatic heterocycles. The molecule has 0 saturated carbocycles. The number of ether oxygens (including phenoxy) is 1. The van der Waals surface area contributed by atoms with Crippen LogP contribution in [0.3, 0.4) is 0 Å². The molecule has 120 valence electrons. The minimum atomic E-state index is -0.0809. The largest absolute Gasteiger partial charge is 0.369 e. The van der Waals surface area contributed by atoms with Gasteiger partial charge in [-0.05, 0) is 51.0 Å². The Kier molecular flexibility index (Phi) is 8.28. The molecule has 0 aromatic carbocycles. The normalized spacial score (nSPS) is 15.5. The third-order valence-corrected chi connectivity index (χ3v) is 4.34. The summed E-state index contributed by atoms with van der Waals surface area (Å²) >= 11 is 1.82. The average molecular weight is 309 g/mol. The summed E-state index contributed by atoms with van der Waals surface area (Å²) < 4.78 is 6.22. The first kappa shape index (κ1) is 18.4. The molecule has 0 radical (unpaired) electrons. The molecular formula is C19H32OS. The van der Waals surface area contributed by atoms with Crippen LogP contribution in [0.1, 0.15) is 65.2 Å². The van der Waals surface area contributed by atoms with Crippen molar-refractivity contribution >= 4 is 11.3 Å². The SMILES string of the molecule is CCCC[C@H](C)CC(/C=C/Cc1cccs1)OC(C)(C)C. The molecular weight excluding hydrogens is 276 g/mol. The Bertz CT molecular complexity index is 386. The lowest BCUT2D eigenvalue weighted by Gasteiger charge is -2.27. The molecule has 0 saturated heterocycles. The van der Waals surface area contributed by atoms with E-state index in [9.17, 15) is 0 Å². The third kappa shape index (κ3) is 9.10. The van der Waals surface area contributed by atoms with Crippen LogP contribution in [0.15, 0.2) is 29.7 Å². The number of unbranched alkanes of at least 4 members (excludes halogenated alkanes) is 1. The topological polar surface area (TPSA) is 9.23 Å². The Labute approximate surface area is 135 Å². The van der Waals surface area contributed by atoms with Gasteiger partial charge in [-0.1, -0.05) is 51.3 Å². The molecule has 2 heteroatoms. The zero-order valence-electron chi connectivity index (χ0n) is 14.4. The molecule has 0 bridgehead atoms. The molecule has 1 nitrogen and oxygen atoms in total. The lowest BCUT2D eigenvalue weighted by atomic mass is 9.96. The van der Waals surface area contributed by atoms with Crippen molar-refractivity contribution in [1.29, 1.82) is 0 Å². The Balaban J connectivity index is 2.52. The van der Waals surface area contributed by atoms with Gasteiger partial charge in [0.05, 0.1) is 11.7 Å². The number of hydrogen-bond acceptors (Lipinski definition) is 2. The number of rotatable bonds is 9. The second kappa shape index (κ2) is 9.42. The number of thiophene rings is 1. The minimum absolute atomic E-state index is 0.0809. The van der Waals surface area contributed by atoms with Crippen molar-refractivity contribution in [3.63, 3.8) is 0 Å². The van der Waals surface area contributed by atoms with Crippen LogP contribution < -0.4 is 0 Å². The quantitative estimate of drug-likeness (QED) is 0.490. The smallest absolute Gasteiger partial charge is 0.0765 e. The van der Waals surface area contributed by atoms with Crippen molar-refractivity contribution in [2.45, 2.75) is 78.4 Å². The van der Waals surface area contributed by atoms with E-state index in [0.29, 0.717) is 0 Å². The van der Waals surface area contributed by atoms with Gasteiger partial charge in [0.25, 0.3) is 0 Å². The molecule has 0 N–H and O–H groups in total. The van der Waals surface area contributed by atoms with Crippen LogP contribution in [-0.4, -0.2) is 11.7 Å². The molecule has 1 rings (SSSR count). The second-order valence-corrected chi connectivity index (χ2v) is 8.00. The van der Waals surface area contributed by atoms with Crippen molar-refractivity contribution in [3.05, 3.63) is 34.5 Å². The molecule has 1 aromatic rings. The highest BCUT2D eigenvalue weighted by Crippen LogP contribution is 2.21. The van der Waals surface area contributed by atoms with Gasteiger partial charge in [-0.2, -0.15) is 0 Å². The summed E-state index contributed by atoms with van der Waals surface area (Å²) in [5.41, 5.74) is -0.0809. The van der Waals surface area contributed by atoms with E-state index < -0.39 is 0 Å². The highest BCUT2D eigenvalue weighted by Gasteiger charge is 2.18. The monoisotopic (exact) mass is 308 g/mol. The fourth-order valence-corrected chi connectivity index (χ4v) is 3.13. The van der Waals surface area contributed by atoms with E-state index in [2.05, 4.69) is 64.3 Å². The maximum Gasteiger partial charge on any atom is 0.0765 e. The zero-order valence-corrected chi connectivity index (χ0v) is 15.2. The lowest BCUT2D eigenvalue weighted by Crippen LogP contribution is -2.27. The molecule has 1 heterocycles. The second-order valence-electron chi connectivity index (χ2n) is 6.96. The van der Waals surface area contributed by atoms with Crippen molar-refractivity contribution in [2.24, 2.45) is 5.92 Å². The molecule has 0 fully saturated rings. The van der Waals surface area contributed by atoms with Crippen molar-refractivity contribution in [1.82, 2.24) is 0 Å². The van der Waals surface area contributed by atoms with Gasteiger partial charge < -0.3 is 4.74 Å². The van der Waals surface area contributed by atoms with Crippen LogP contribution in [0.2, 0.25) is 0 Å². The van der Waals surface area contributed by atoms with E-state index in [0.717, 1.165) is 18.8 Å². The first-order valence-electron chi connectivity index (χ1n) is 8.27. The molecule has 0 spiro atoms. The number of hydrogen-bond donors (Lipinski definition) is 0. The highest BCUT2D eigenvalue weighted by molar-refractivity contribution is 7.09. The van der Waals surface area contributed by atoms with Gasteiger partial charge >= 0.3 is 0 Å². The van der Waals surface area contributed by atoms with Gasteiger partial charge in [0.1, 0.15) is 0 Å². The van der Waals surface area contributed by atoms with Crippen LogP contribution in [0.4, 0.5) is 0 Å². The zero-order chi connectivity index (χ0) is 15.7. The van der Waals surface area contributed by atoms with Gasteiger partial charge in [0, 0.05) is 4.88 Å². The van der Waals surface area contributed by atoms with E-state index in [1.807, 2.05) is 11.3 Å². The lowest BCUT2D eigenvalue weighted by molar-refractivity contribution is -0.0463. The van der Waals surface area contributed by atoms with Crippen LogP contribution in [0.5, 0.6) is 0 Å². The van der Waals surface area contributed by atoms with E-state index in [-0.39, 0.29) is 11.7 Å². The van der Waals surface area contributed by atoms with Gasteiger partial charge in [-0.3, -0.25) is 0 Å². The van der Waals surface area contributed by atoms with Crippen LogP contribution in [-0.2, 0) is 11.2 Å². The Morgan fingerprint density at radius 3 is 2.67 bits per heavy atom. The third-order valence-electron chi connectivity index (χ3n) is 3.44. The first-order valence-corrected chi connectivity index (χ1v) is 9.15. The summed E-state index contributed by atoms with van der Waals surface area (Å²) in [7, 11) is 0. The van der Waals surface area contributed by atoms with Crippen LogP contribution >= 0.6 is 11.3 Å². The summed E-state index contributed by atoms with van der Waals surface area (Å²) in [6, 6.07) is 4.31. The molecule has 1 unspecified atom stereocenters. The van der Waals surface area contributed by atoms with E-state index in [4.69, 9.17) is 4.74 Å². The molecule has 1 aromatic heterocycles. The number of allylic oxidation sites excluding steroid dienone is 1. The summed E-state index contributed by atoms with van der Waals surface area (Å²) in [4.78, 5) is 1.42. The summed E-state index contributed by atoms with van der Waals surface area (Å²) in [6.07, 6.45) is 10.8. The van der Waals surface area contributed by atoms with E-state index in [1.165, 1.54) is 24.1 Å². The van der Waals surface area contributed by atoms with Gasteiger partial charge in [0.2, 0.25) is 0 Å². The van der Waals surface area contributed by atoms with Crippen molar-refractivity contribution < 1.29 is 4.74 Å². The van der Waals surface area contributed by atoms with Crippen LogP contribution in [0, 0.1) is 5.92 Å². The van der Waals surface area contributed by atoms with Crippen LogP contribution in [0.25, 0.3) is 0 Å². The van der Waals surface area contributed by atoms with Gasteiger partial charge in [-0.25, -0.2) is 0 Å². The first-order chi connectivity index (χ1) is 9.90. The Morgan fingerprint density at radius 1 is 1.33 bits per heavy atom. The summed E-state index contributed by atoms with van der Waals surface area (Å²) in [6.45, 7) is 11.0. The summed E-state index contributed by atoms with van der Waals surface area (Å²) in [5.74, 6) is 0.726. The van der Waals surface area contributed by atoms with E-state index >= 15 is 0 Å². The average Bonchev–Trinajstić information content (AvgIpc) is 2.87. The van der Waals surface area contributed by atoms with Gasteiger partial charge in [0.15, 0.2) is 0 Å². The van der Waals surface area contributed by atoms with Gasteiger partial charge in [-0.15, -0.1) is 11.3 Å². The van der Waals surface area contributed by atoms with Crippen molar-refractivity contribution in [2.75, 3.05) is 0 Å². The van der Waals surface area contributed by atoms with E-state index in [1.54, 1.807) is 0 Å². The molecule has 0 amide bonds. The fraction of sp³-hybridized carbons (Fsp3) is 0.684. The standard InChI is InChI=1S/C19H32OS/c1-6-7-10-16(2)15-17(20-19(3,4)5)11-8-12-18-13-9-14-21-18/h8-9,11,13-14,16-17H,6-7,10,12,15H2,1-5H3/b11-8+/t16-,17?/m0/s1. The maximum atomic E-state index is 6.22. The van der Waals surface area contributed by atoms with Crippen molar-refractivity contribution in [3.8, 4) is 0 Å². The summed E-state index contributed by atoms with van der Waals surface area (Å²) in [5, 5.41) is 2.14. The molecule has 0 aliphatic rings. The Hall–Kier alpha value is -0.600. The predicted octanol–water partition coefficient (Wildman–Crippen LogP) is 6.25. The molecule has 2 atom stereocenters. The molecule has 21 heavy (non-hydrogen) atoms. The minimum Gasteiger partial charge on any atom is -0.369 e. The predicted molar refractivity (Wildman–Crippen MR) is 95.1 cm³/mol.